The van der Waals surface area contributed by atoms with Crippen LogP contribution in [0.15, 0.2) is 35.6 Å². The van der Waals surface area contributed by atoms with Crippen LogP contribution in [0, 0.1) is 11.8 Å². The summed E-state index contributed by atoms with van der Waals surface area (Å²) in [6.07, 6.45) is 1.75. The molecule has 1 aromatic carbocycles. The molecule has 0 unspecified atom stereocenters. The molecule has 0 aliphatic rings. The monoisotopic (exact) mass is 295 g/mol. The zero-order chi connectivity index (χ0) is 15.9. The summed E-state index contributed by atoms with van der Waals surface area (Å²) in [5.74, 6) is 5.47. The Bertz CT molecular complexity index is 807. The number of hydrogen-bond donors (Lipinski definition) is 0. The highest BCUT2D eigenvalue weighted by Crippen LogP contribution is 2.18. The molecule has 22 heavy (non-hydrogen) atoms. The number of amides is 1. The number of carbonyl (C=O) groups excluding carboxylic acids is 1. The van der Waals surface area contributed by atoms with Gasteiger partial charge >= 0.3 is 0 Å². The van der Waals surface area contributed by atoms with E-state index in [0.29, 0.717) is 17.0 Å². The molecule has 0 atom stereocenters. The molecular weight excluding hydrogens is 282 g/mol. The zero-order valence-corrected chi connectivity index (χ0v) is 12.1. The summed E-state index contributed by atoms with van der Waals surface area (Å²) in [7, 11) is 1.78. The van der Waals surface area contributed by atoms with Gasteiger partial charge in [0.15, 0.2) is 0 Å². The Morgan fingerprint density at radius 1 is 1.50 bits per heavy atom. The van der Waals surface area contributed by atoms with Gasteiger partial charge in [-0.25, -0.2) is 0 Å². The van der Waals surface area contributed by atoms with Gasteiger partial charge in [-0.1, -0.05) is 18.1 Å². The van der Waals surface area contributed by atoms with Gasteiger partial charge in [-0.2, -0.15) is 0 Å². The lowest BCUT2D eigenvalue weighted by molar-refractivity contribution is 0.0997. The van der Waals surface area contributed by atoms with E-state index in [1.807, 2.05) is 0 Å². The average Bonchev–Trinajstić information content (AvgIpc) is 2.92. The lowest BCUT2D eigenvalue weighted by Crippen LogP contribution is -2.07. The van der Waals surface area contributed by atoms with E-state index in [4.69, 9.17) is 10.3 Å². The van der Waals surface area contributed by atoms with E-state index in [1.165, 1.54) is 0 Å². The van der Waals surface area contributed by atoms with Crippen LogP contribution in [0.1, 0.15) is 28.4 Å². The molecule has 0 aliphatic heterocycles. The average molecular weight is 295 g/mol. The Hall–Kier alpha value is -3.23. The van der Waals surface area contributed by atoms with Crippen LogP contribution >= 0.6 is 0 Å². The van der Waals surface area contributed by atoms with Crippen molar-refractivity contribution in [3.05, 3.63) is 57.6 Å². The Kier molecular flexibility index (Phi) is 4.81. The largest absolute Gasteiger partial charge is 0.472 e. The normalized spacial score (nSPS) is 9.36. The predicted molar refractivity (Wildman–Crippen MR) is 80.0 cm³/mol. The third-order valence-electron chi connectivity index (χ3n) is 2.86. The fourth-order valence-electron chi connectivity index (χ4n) is 1.91. The highest BCUT2D eigenvalue weighted by molar-refractivity contribution is 5.96. The van der Waals surface area contributed by atoms with Crippen LogP contribution in [0.2, 0.25) is 0 Å². The predicted octanol–water partition coefficient (Wildman–Crippen LogP) is 2.82. The second-order valence-corrected chi connectivity index (χ2v) is 4.32. The second kappa shape index (κ2) is 6.97. The molecule has 1 amide bonds. The topological polar surface area (TPSA) is 92.9 Å². The van der Waals surface area contributed by atoms with Gasteiger partial charge in [0, 0.05) is 40.9 Å². The Balaban J connectivity index is 2.38. The SMILES string of the molecule is CC#Cc1cccc(C(=O)N=[N+]=[N-])c1COc1ccn(C)n1. The van der Waals surface area contributed by atoms with Gasteiger partial charge in [0.05, 0.1) is 0 Å². The van der Waals surface area contributed by atoms with Crippen LogP contribution in [0.25, 0.3) is 10.4 Å². The van der Waals surface area contributed by atoms with E-state index in [9.17, 15) is 4.79 Å². The third-order valence-corrected chi connectivity index (χ3v) is 2.86. The summed E-state index contributed by atoms with van der Waals surface area (Å²) < 4.78 is 7.19. The van der Waals surface area contributed by atoms with Gasteiger partial charge in [-0.15, -0.1) is 11.0 Å². The fourth-order valence-corrected chi connectivity index (χ4v) is 1.91. The van der Waals surface area contributed by atoms with Crippen molar-refractivity contribution in [1.82, 2.24) is 9.78 Å². The first-order valence-electron chi connectivity index (χ1n) is 6.42. The van der Waals surface area contributed by atoms with Crippen LogP contribution in [0.5, 0.6) is 5.88 Å². The van der Waals surface area contributed by atoms with Crippen LogP contribution in [0.3, 0.4) is 0 Å². The fraction of sp³-hybridized carbons (Fsp3) is 0.200. The number of carbonyl (C=O) groups is 1. The van der Waals surface area contributed by atoms with Crippen molar-refractivity contribution >= 4 is 5.91 Å². The maximum Gasteiger partial charge on any atom is 0.249 e. The molecule has 0 spiro atoms. The van der Waals surface area contributed by atoms with Crippen molar-refractivity contribution < 1.29 is 9.53 Å². The standard InChI is InChI=1S/C15H13N5O2/c1-3-5-11-6-4-7-12(15(21)17-19-16)13(11)10-22-14-8-9-20(2)18-14/h4,6-9H,10H2,1-2H3. The number of ether oxygens (including phenoxy) is 1. The molecular formula is C15H13N5O2. The summed E-state index contributed by atoms with van der Waals surface area (Å²) >= 11 is 0. The summed E-state index contributed by atoms with van der Waals surface area (Å²) in [5, 5.41) is 7.24. The van der Waals surface area contributed by atoms with Crippen molar-refractivity contribution in [2.75, 3.05) is 0 Å². The van der Waals surface area contributed by atoms with E-state index < -0.39 is 5.91 Å². The van der Waals surface area contributed by atoms with Crippen molar-refractivity contribution in [3.63, 3.8) is 0 Å². The molecule has 0 saturated carbocycles. The van der Waals surface area contributed by atoms with E-state index in [0.717, 1.165) is 0 Å². The van der Waals surface area contributed by atoms with E-state index >= 15 is 0 Å². The van der Waals surface area contributed by atoms with E-state index in [-0.39, 0.29) is 12.2 Å². The number of aryl methyl sites for hydroxylation is 1. The highest BCUT2D eigenvalue weighted by Gasteiger charge is 2.14. The second-order valence-electron chi connectivity index (χ2n) is 4.32. The van der Waals surface area contributed by atoms with Gasteiger partial charge < -0.3 is 4.74 Å². The molecule has 7 nitrogen and oxygen atoms in total. The quantitative estimate of drug-likeness (QED) is 0.375. The Morgan fingerprint density at radius 3 is 2.95 bits per heavy atom. The molecule has 0 bridgehead atoms. The number of aromatic nitrogens is 2. The number of benzene rings is 1. The number of hydrogen-bond acceptors (Lipinski definition) is 3. The third kappa shape index (κ3) is 3.45. The van der Waals surface area contributed by atoms with Gasteiger partial charge in [0.1, 0.15) is 6.61 Å². The van der Waals surface area contributed by atoms with E-state index in [1.54, 1.807) is 49.1 Å². The minimum absolute atomic E-state index is 0.101. The molecule has 2 aromatic rings. The highest BCUT2D eigenvalue weighted by atomic mass is 16.5. The van der Waals surface area contributed by atoms with Gasteiger partial charge in [-0.3, -0.25) is 9.48 Å². The molecule has 0 fully saturated rings. The lowest BCUT2D eigenvalue weighted by atomic mass is 10.0. The van der Waals surface area contributed by atoms with Crippen LogP contribution in [-0.4, -0.2) is 15.7 Å². The minimum atomic E-state index is -0.665. The molecule has 2 rings (SSSR count). The van der Waals surface area contributed by atoms with Crippen LogP contribution in [0.4, 0.5) is 0 Å². The Morgan fingerprint density at radius 2 is 2.32 bits per heavy atom. The van der Waals surface area contributed by atoms with Crippen molar-refractivity contribution in [3.8, 4) is 17.7 Å². The summed E-state index contributed by atoms with van der Waals surface area (Å²) in [5.41, 5.74) is 9.93. The lowest BCUT2D eigenvalue weighted by Gasteiger charge is -2.10. The van der Waals surface area contributed by atoms with Crippen molar-refractivity contribution in [1.29, 1.82) is 0 Å². The maximum absolute atomic E-state index is 11.9. The minimum Gasteiger partial charge on any atom is -0.472 e. The molecule has 1 aromatic heterocycles. The first-order chi connectivity index (χ1) is 10.7. The number of rotatable bonds is 4. The summed E-state index contributed by atoms with van der Waals surface area (Å²) in [4.78, 5) is 14.4. The molecule has 0 N–H and O–H groups in total. The molecule has 0 saturated heterocycles. The Labute approximate surface area is 127 Å². The van der Waals surface area contributed by atoms with Crippen LogP contribution in [-0.2, 0) is 13.7 Å². The van der Waals surface area contributed by atoms with Gasteiger partial charge in [0.25, 0.3) is 0 Å². The molecule has 7 heteroatoms. The van der Waals surface area contributed by atoms with E-state index in [2.05, 4.69) is 27.0 Å². The zero-order valence-electron chi connectivity index (χ0n) is 12.1. The number of nitrogens with zero attached hydrogens (tertiary/aromatic N) is 5. The van der Waals surface area contributed by atoms with Gasteiger partial charge in [-0.05, 0) is 23.6 Å². The molecule has 0 radical (unpaired) electrons. The summed E-state index contributed by atoms with van der Waals surface area (Å²) in [6.45, 7) is 1.80. The van der Waals surface area contributed by atoms with Crippen LogP contribution < -0.4 is 4.74 Å². The maximum atomic E-state index is 11.9. The van der Waals surface area contributed by atoms with Gasteiger partial charge in [0.2, 0.25) is 11.8 Å². The molecule has 110 valence electrons. The first-order valence-corrected chi connectivity index (χ1v) is 6.42. The molecule has 1 heterocycles. The van der Waals surface area contributed by atoms with Crippen molar-refractivity contribution in [2.45, 2.75) is 13.5 Å². The smallest absolute Gasteiger partial charge is 0.249 e. The first kappa shape index (κ1) is 15.2. The molecule has 0 aliphatic carbocycles. The van der Waals surface area contributed by atoms with Crippen molar-refractivity contribution in [2.24, 2.45) is 12.2 Å². The summed E-state index contributed by atoms with van der Waals surface area (Å²) in [6, 6.07) is 6.75. The number of azide groups is 1.